The number of aromatic nitrogens is 1. The van der Waals surface area contributed by atoms with Crippen LogP contribution in [0.25, 0.3) is 0 Å². The van der Waals surface area contributed by atoms with Gasteiger partial charge in [0.05, 0.1) is 19.1 Å². The molecule has 2 aliphatic carbocycles. The average Bonchev–Trinajstić information content (AvgIpc) is 3.63. The summed E-state index contributed by atoms with van der Waals surface area (Å²) < 4.78 is 28.5. The Kier molecular flexibility index (Phi) is 11.2. The summed E-state index contributed by atoms with van der Waals surface area (Å²) in [5.41, 5.74) is -0.0737. The standard InChI is InChI=1S/C31H46N2O8/c1-19(2)30(35)40-18-39-28-25(37-4)14-15-32-26(28)29(34)33-24-11-7-10-23(16-21-8-5-6-9-21)27(20(3)41-31(24)36)38-17-22-12-13-22/h14-15,19-24,27H,5-13,16-18H2,1-4H3,(H,33,34). The SMILES string of the molecule is COc1ccnc(C(=O)NC2CCCC(CC3CCCC3)C(OCC3CC3)C(C)OC2=O)c1OCOC(=O)C(C)C. The molecule has 3 aliphatic rings. The Morgan fingerprint density at radius 3 is 2.51 bits per heavy atom. The van der Waals surface area contributed by atoms with Crippen LogP contribution in [0.5, 0.6) is 11.5 Å². The van der Waals surface area contributed by atoms with Crippen LogP contribution >= 0.6 is 0 Å². The molecule has 0 bridgehead atoms. The summed E-state index contributed by atoms with van der Waals surface area (Å²) in [7, 11) is 1.44. The molecule has 4 atom stereocenters. The summed E-state index contributed by atoms with van der Waals surface area (Å²) >= 11 is 0. The maximum Gasteiger partial charge on any atom is 0.329 e. The van der Waals surface area contributed by atoms with E-state index in [0.29, 0.717) is 30.8 Å². The number of cyclic esters (lactones) is 1. The van der Waals surface area contributed by atoms with Crippen molar-refractivity contribution in [2.75, 3.05) is 20.5 Å². The van der Waals surface area contributed by atoms with E-state index in [2.05, 4.69) is 10.3 Å². The fourth-order valence-corrected chi connectivity index (χ4v) is 5.87. The van der Waals surface area contributed by atoms with Gasteiger partial charge in [0.2, 0.25) is 6.79 Å². The minimum atomic E-state index is -0.848. The molecule has 1 amide bonds. The van der Waals surface area contributed by atoms with Gasteiger partial charge < -0.3 is 29.0 Å². The number of hydrogen-bond donors (Lipinski definition) is 1. The number of rotatable bonds is 12. The summed E-state index contributed by atoms with van der Waals surface area (Å²) in [6, 6.07) is 0.692. The number of carbonyl (C=O) groups excluding carboxylic acids is 3. The fraction of sp³-hybridized carbons (Fsp3) is 0.742. The van der Waals surface area contributed by atoms with Gasteiger partial charge in [0, 0.05) is 18.9 Å². The fourth-order valence-electron chi connectivity index (χ4n) is 5.87. The lowest BCUT2D eigenvalue weighted by molar-refractivity contribution is -0.161. The molecule has 10 heteroatoms. The maximum absolute atomic E-state index is 13.4. The molecule has 4 unspecified atom stereocenters. The number of ether oxygens (including phenoxy) is 5. The zero-order valence-electron chi connectivity index (χ0n) is 24.9. The lowest BCUT2D eigenvalue weighted by Crippen LogP contribution is -2.44. The van der Waals surface area contributed by atoms with Crippen LogP contribution in [0.15, 0.2) is 12.3 Å². The second kappa shape index (κ2) is 14.8. The minimum Gasteiger partial charge on any atom is -0.493 e. The van der Waals surface area contributed by atoms with Crippen molar-refractivity contribution in [1.29, 1.82) is 0 Å². The van der Waals surface area contributed by atoms with Gasteiger partial charge in [0.25, 0.3) is 5.91 Å². The van der Waals surface area contributed by atoms with Gasteiger partial charge in [0.15, 0.2) is 17.2 Å². The van der Waals surface area contributed by atoms with Crippen LogP contribution in [0.3, 0.4) is 0 Å². The third-order valence-corrected chi connectivity index (χ3v) is 8.40. The van der Waals surface area contributed by atoms with Crippen LogP contribution in [-0.2, 0) is 23.8 Å². The molecule has 0 spiro atoms. The van der Waals surface area contributed by atoms with Crippen molar-refractivity contribution in [3.63, 3.8) is 0 Å². The molecule has 2 heterocycles. The van der Waals surface area contributed by atoms with Gasteiger partial charge >= 0.3 is 11.9 Å². The molecule has 3 fully saturated rings. The van der Waals surface area contributed by atoms with E-state index < -0.39 is 36.8 Å². The molecule has 1 saturated heterocycles. The first-order chi connectivity index (χ1) is 19.8. The highest BCUT2D eigenvalue weighted by Gasteiger charge is 2.38. The van der Waals surface area contributed by atoms with Gasteiger partial charge in [-0.2, -0.15) is 0 Å². The van der Waals surface area contributed by atoms with E-state index >= 15 is 0 Å². The molecule has 0 radical (unpaired) electrons. The van der Waals surface area contributed by atoms with E-state index in [1.54, 1.807) is 19.9 Å². The van der Waals surface area contributed by atoms with Crippen LogP contribution in [0.2, 0.25) is 0 Å². The van der Waals surface area contributed by atoms with Crippen molar-refractivity contribution in [3.05, 3.63) is 18.0 Å². The maximum atomic E-state index is 13.4. The van der Waals surface area contributed by atoms with Gasteiger partial charge in [-0.1, -0.05) is 46.0 Å². The number of nitrogens with zero attached hydrogens (tertiary/aromatic N) is 1. The van der Waals surface area contributed by atoms with Crippen LogP contribution < -0.4 is 14.8 Å². The van der Waals surface area contributed by atoms with Crippen molar-refractivity contribution in [1.82, 2.24) is 10.3 Å². The number of nitrogens with one attached hydrogen (secondary N) is 1. The van der Waals surface area contributed by atoms with Crippen molar-refractivity contribution in [2.45, 2.75) is 103 Å². The van der Waals surface area contributed by atoms with E-state index in [9.17, 15) is 14.4 Å². The number of amides is 1. The topological polar surface area (TPSA) is 122 Å². The molecule has 1 aromatic rings. The molecule has 2 saturated carbocycles. The van der Waals surface area contributed by atoms with Crippen LogP contribution in [-0.4, -0.2) is 61.6 Å². The zero-order chi connectivity index (χ0) is 29.4. The molecule has 10 nitrogen and oxygen atoms in total. The monoisotopic (exact) mass is 574 g/mol. The van der Waals surface area contributed by atoms with E-state index in [0.717, 1.165) is 19.3 Å². The number of hydrogen-bond acceptors (Lipinski definition) is 9. The molecule has 1 aromatic heterocycles. The number of methoxy groups -OCH3 is 1. The Morgan fingerprint density at radius 1 is 1.07 bits per heavy atom. The Morgan fingerprint density at radius 2 is 1.83 bits per heavy atom. The van der Waals surface area contributed by atoms with Crippen molar-refractivity contribution < 1.29 is 38.1 Å². The highest BCUT2D eigenvalue weighted by Crippen LogP contribution is 2.37. The van der Waals surface area contributed by atoms with E-state index in [1.165, 1.54) is 51.8 Å². The quantitative estimate of drug-likeness (QED) is 0.276. The molecule has 41 heavy (non-hydrogen) atoms. The van der Waals surface area contributed by atoms with Crippen LogP contribution in [0.1, 0.15) is 95.5 Å². The van der Waals surface area contributed by atoms with E-state index in [1.807, 2.05) is 6.92 Å². The second-order valence-electron chi connectivity index (χ2n) is 12.1. The predicted molar refractivity (Wildman–Crippen MR) is 150 cm³/mol. The molecule has 1 N–H and O–H groups in total. The summed E-state index contributed by atoms with van der Waals surface area (Å²) in [6.07, 6.45) is 11.5. The Bertz CT molecular complexity index is 1040. The van der Waals surface area contributed by atoms with Gasteiger partial charge in [0.1, 0.15) is 12.1 Å². The number of carbonyl (C=O) groups is 3. The molecular formula is C31H46N2O8. The average molecular weight is 575 g/mol. The van der Waals surface area contributed by atoms with Gasteiger partial charge in [-0.25, -0.2) is 9.78 Å². The highest BCUT2D eigenvalue weighted by atomic mass is 16.7. The Hall–Kier alpha value is -2.88. The van der Waals surface area contributed by atoms with Crippen LogP contribution in [0.4, 0.5) is 0 Å². The van der Waals surface area contributed by atoms with Crippen LogP contribution in [0, 0.1) is 23.7 Å². The number of pyridine rings is 1. The first-order valence-corrected chi connectivity index (χ1v) is 15.2. The van der Waals surface area contributed by atoms with E-state index in [-0.39, 0.29) is 29.2 Å². The second-order valence-corrected chi connectivity index (χ2v) is 12.1. The summed E-state index contributed by atoms with van der Waals surface area (Å²) in [5, 5.41) is 2.81. The summed E-state index contributed by atoms with van der Waals surface area (Å²) in [4.78, 5) is 42.8. The summed E-state index contributed by atoms with van der Waals surface area (Å²) in [6.45, 7) is 5.63. The minimum absolute atomic E-state index is 0.0269. The predicted octanol–water partition coefficient (Wildman–Crippen LogP) is 4.83. The Labute approximate surface area is 243 Å². The smallest absolute Gasteiger partial charge is 0.329 e. The first-order valence-electron chi connectivity index (χ1n) is 15.2. The largest absolute Gasteiger partial charge is 0.493 e. The van der Waals surface area contributed by atoms with Gasteiger partial charge in [-0.15, -0.1) is 0 Å². The lowest BCUT2D eigenvalue weighted by Gasteiger charge is -2.32. The normalized spacial score (nSPS) is 25.5. The Balaban J connectivity index is 1.45. The van der Waals surface area contributed by atoms with Gasteiger partial charge in [-0.05, 0) is 56.8 Å². The number of esters is 2. The van der Waals surface area contributed by atoms with Gasteiger partial charge in [-0.3, -0.25) is 9.59 Å². The third kappa shape index (κ3) is 8.80. The zero-order valence-corrected chi connectivity index (χ0v) is 24.9. The molecule has 1 aliphatic heterocycles. The molecule has 228 valence electrons. The van der Waals surface area contributed by atoms with Crippen molar-refractivity contribution >= 4 is 17.8 Å². The van der Waals surface area contributed by atoms with Crippen molar-refractivity contribution in [2.24, 2.45) is 23.7 Å². The third-order valence-electron chi connectivity index (χ3n) is 8.40. The molecule has 0 aromatic carbocycles. The lowest BCUT2D eigenvalue weighted by atomic mass is 9.83. The van der Waals surface area contributed by atoms with E-state index in [4.69, 9.17) is 23.7 Å². The molecule has 4 rings (SSSR count). The van der Waals surface area contributed by atoms with Crippen molar-refractivity contribution in [3.8, 4) is 11.5 Å². The summed E-state index contributed by atoms with van der Waals surface area (Å²) in [5.74, 6) is 0.0467. The highest BCUT2D eigenvalue weighted by molar-refractivity contribution is 5.98. The molecular weight excluding hydrogens is 528 g/mol. The first kappa shape index (κ1) is 31.1.